The van der Waals surface area contributed by atoms with Gasteiger partial charge in [0.25, 0.3) is 0 Å². The van der Waals surface area contributed by atoms with E-state index in [2.05, 4.69) is 5.32 Å². The first-order valence-corrected chi connectivity index (χ1v) is 4.64. The Kier molecular flexibility index (Phi) is 3.49. The predicted octanol–water partition coefficient (Wildman–Crippen LogP) is 1.64. The average molecular weight is 211 g/mol. The molecule has 0 saturated heterocycles. The number of furan rings is 1. The van der Waals surface area contributed by atoms with Crippen molar-refractivity contribution in [3.05, 3.63) is 17.9 Å². The molecule has 82 valence electrons. The van der Waals surface area contributed by atoms with Gasteiger partial charge in [0.15, 0.2) is 5.88 Å². The van der Waals surface area contributed by atoms with E-state index in [-0.39, 0.29) is 12.3 Å². The largest absolute Gasteiger partial charge is 0.481 e. The molecule has 0 aliphatic heterocycles. The van der Waals surface area contributed by atoms with Crippen LogP contribution in [0.3, 0.4) is 0 Å². The normalized spacial score (nSPS) is 12.1. The number of anilines is 1. The van der Waals surface area contributed by atoms with Crippen molar-refractivity contribution in [3.8, 4) is 0 Å². The fourth-order valence-electron chi connectivity index (χ4n) is 1.18. The van der Waals surface area contributed by atoms with E-state index in [1.165, 1.54) is 0 Å². The van der Waals surface area contributed by atoms with Gasteiger partial charge in [-0.05, 0) is 19.4 Å². The number of carbonyl (C=O) groups is 2. The smallest absolute Gasteiger partial charge is 0.316 e. The summed E-state index contributed by atoms with van der Waals surface area (Å²) in [6, 6.07) is 3.28. The van der Waals surface area contributed by atoms with E-state index in [0.29, 0.717) is 5.76 Å². The summed E-state index contributed by atoms with van der Waals surface area (Å²) < 4.78 is 5.10. The molecule has 0 fully saturated rings. The van der Waals surface area contributed by atoms with Gasteiger partial charge < -0.3 is 9.52 Å². The van der Waals surface area contributed by atoms with Crippen molar-refractivity contribution in [2.24, 2.45) is 5.92 Å². The topological polar surface area (TPSA) is 79.5 Å². The van der Waals surface area contributed by atoms with Crippen molar-refractivity contribution < 1.29 is 19.1 Å². The minimum atomic E-state index is -1.13. The van der Waals surface area contributed by atoms with Gasteiger partial charge in [0, 0.05) is 6.07 Å². The van der Waals surface area contributed by atoms with E-state index in [9.17, 15) is 9.59 Å². The first-order chi connectivity index (χ1) is 7.04. The molecule has 0 bridgehead atoms. The second kappa shape index (κ2) is 4.63. The van der Waals surface area contributed by atoms with E-state index in [0.717, 1.165) is 0 Å². The molecule has 1 unspecified atom stereocenters. The second-order valence-electron chi connectivity index (χ2n) is 3.20. The van der Waals surface area contributed by atoms with Crippen molar-refractivity contribution in [3.63, 3.8) is 0 Å². The Labute approximate surface area is 87.1 Å². The van der Waals surface area contributed by atoms with E-state index >= 15 is 0 Å². The van der Waals surface area contributed by atoms with Crippen LogP contribution in [0.15, 0.2) is 16.5 Å². The molecular formula is C10H13NO4. The van der Waals surface area contributed by atoms with Gasteiger partial charge in [0.1, 0.15) is 11.7 Å². The lowest BCUT2D eigenvalue weighted by atomic mass is 10.1. The molecule has 1 aromatic rings. The van der Waals surface area contributed by atoms with Crippen molar-refractivity contribution in [1.82, 2.24) is 0 Å². The highest BCUT2D eigenvalue weighted by molar-refractivity contribution is 6.03. The fraction of sp³-hybridized carbons (Fsp3) is 0.400. The molecule has 15 heavy (non-hydrogen) atoms. The van der Waals surface area contributed by atoms with Gasteiger partial charge in [-0.25, -0.2) is 0 Å². The van der Waals surface area contributed by atoms with Gasteiger partial charge in [-0.2, -0.15) is 0 Å². The molecule has 0 aliphatic rings. The summed E-state index contributed by atoms with van der Waals surface area (Å²) >= 11 is 0. The number of nitrogens with one attached hydrogen (secondary N) is 1. The third kappa shape index (κ3) is 2.83. The number of rotatable bonds is 4. The molecule has 1 amide bonds. The first kappa shape index (κ1) is 11.3. The number of amides is 1. The van der Waals surface area contributed by atoms with Crippen LogP contribution in [-0.2, 0) is 9.59 Å². The fourth-order valence-corrected chi connectivity index (χ4v) is 1.18. The lowest BCUT2D eigenvalue weighted by Gasteiger charge is -2.08. The number of carbonyl (C=O) groups excluding carboxylic acids is 1. The van der Waals surface area contributed by atoms with E-state index in [1.54, 1.807) is 26.0 Å². The van der Waals surface area contributed by atoms with Crippen molar-refractivity contribution in [2.45, 2.75) is 20.3 Å². The number of aliphatic carboxylic acids is 1. The van der Waals surface area contributed by atoms with Gasteiger partial charge >= 0.3 is 5.97 Å². The number of hydrogen-bond donors (Lipinski definition) is 2. The number of carboxylic acids is 1. The van der Waals surface area contributed by atoms with Gasteiger partial charge in [0.05, 0.1) is 0 Å². The molecule has 0 saturated carbocycles. The second-order valence-corrected chi connectivity index (χ2v) is 3.20. The van der Waals surface area contributed by atoms with Crippen LogP contribution in [-0.4, -0.2) is 17.0 Å². The summed E-state index contributed by atoms with van der Waals surface area (Å²) in [5.74, 6) is -1.78. The molecule has 2 N–H and O–H groups in total. The van der Waals surface area contributed by atoms with Crippen LogP contribution in [0.25, 0.3) is 0 Å². The maximum Gasteiger partial charge on any atom is 0.316 e. The minimum absolute atomic E-state index is 0.251. The maximum absolute atomic E-state index is 11.4. The third-order valence-corrected chi connectivity index (χ3v) is 2.01. The van der Waals surface area contributed by atoms with Crippen LogP contribution in [0.5, 0.6) is 0 Å². The molecule has 1 aromatic heterocycles. The first-order valence-electron chi connectivity index (χ1n) is 4.64. The van der Waals surface area contributed by atoms with Crippen molar-refractivity contribution >= 4 is 17.8 Å². The number of hydrogen-bond acceptors (Lipinski definition) is 3. The van der Waals surface area contributed by atoms with E-state index in [1.807, 2.05) is 0 Å². The van der Waals surface area contributed by atoms with E-state index < -0.39 is 17.8 Å². The van der Waals surface area contributed by atoms with Crippen LogP contribution in [0, 0.1) is 12.8 Å². The summed E-state index contributed by atoms with van der Waals surface area (Å²) in [4.78, 5) is 22.1. The maximum atomic E-state index is 11.4. The summed E-state index contributed by atoms with van der Waals surface area (Å²) in [6.07, 6.45) is 0.251. The van der Waals surface area contributed by atoms with Crippen LogP contribution >= 0.6 is 0 Å². The van der Waals surface area contributed by atoms with Crippen molar-refractivity contribution in [1.29, 1.82) is 0 Å². The van der Waals surface area contributed by atoms with E-state index in [4.69, 9.17) is 9.52 Å². The number of carboxylic acid groups (broad SMARTS) is 1. The summed E-state index contributed by atoms with van der Waals surface area (Å²) in [7, 11) is 0. The Morgan fingerprint density at radius 3 is 2.60 bits per heavy atom. The lowest BCUT2D eigenvalue weighted by molar-refractivity contribution is -0.145. The molecule has 1 rings (SSSR count). The highest BCUT2D eigenvalue weighted by Gasteiger charge is 2.24. The molecule has 5 nitrogen and oxygen atoms in total. The van der Waals surface area contributed by atoms with Gasteiger partial charge in [-0.3, -0.25) is 14.9 Å². The lowest BCUT2D eigenvalue weighted by Crippen LogP contribution is -2.28. The van der Waals surface area contributed by atoms with Gasteiger partial charge in [-0.1, -0.05) is 6.92 Å². The Morgan fingerprint density at radius 1 is 1.53 bits per heavy atom. The average Bonchev–Trinajstić information content (AvgIpc) is 2.51. The minimum Gasteiger partial charge on any atom is -0.481 e. The molecule has 5 heteroatoms. The molecule has 0 radical (unpaired) electrons. The molecule has 0 aromatic carbocycles. The van der Waals surface area contributed by atoms with Crippen LogP contribution < -0.4 is 5.32 Å². The predicted molar refractivity (Wildman–Crippen MR) is 53.5 cm³/mol. The standard InChI is InChI=1S/C10H13NO4/c1-3-7(10(13)14)9(12)11-8-5-4-6(2)15-8/h4-5,7H,3H2,1-2H3,(H,11,12)(H,13,14). The Balaban J connectivity index is 2.66. The Bertz CT molecular complexity index is 369. The van der Waals surface area contributed by atoms with Gasteiger partial charge in [0.2, 0.25) is 5.91 Å². The molecule has 0 aliphatic carbocycles. The van der Waals surface area contributed by atoms with Crippen LogP contribution in [0.2, 0.25) is 0 Å². The zero-order valence-electron chi connectivity index (χ0n) is 8.61. The molecule has 0 spiro atoms. The SMILES string of the molecule is CCC(C(=O)O)C(=O)Nc1ccc(C)o1. The Morgan fingerprint density at radius 2 is 2.20 bits per heavy atom. The highest BCUT2D eigenvalue weighted by atomic mass is 16.4. The van der Waals surface area contributed by atoms with Crippen LogP contribution in [0.1, 0.15) is 19.1 Å². The zero-order valence-corrected chi connectivity index (χ0v) is 8.61. The molecule has 1 atom stereocenters. The Hall–Kier alpha value is -1.78. The summed E-state index contributed by atoms with van der Waals surface area (Å²) in [6.45, 7) is 3.38. The number of aryl methyl sites for hydroxylation is 1. The molecule has 1 heterocycles. The monoisotopic (exact) mass is 211 g/mol. The molecular weight excluding hydrogens is 198 g/mol. The quantitative estimate of drug-likeness (QED) is 0.742. The van der Waals surface area contributed by atoms with Crippen LogP contribution in [0.4, 0.5) is 5.88 Å². The third-order valence-electron chi connectivity index (χ3n) is 2.01. The van der Waals surface area contributed by atoms with Crippen molar-refractivity contribution in [2.75, 3.05) is 5.32 Å². The zero-order chi connectivity index (χ0) is 11.4. The summed E-state index contributed by atoms with van der Waals surface area (Å²) in [5, 5.41) is 11.1. The highest BCUT2D eigenvalue weighted by Crippen LogP contribution is 2.14. The summed E-state index contributed by atoms with van der Waals surface area (Å²) in [5.41, 5.74) is 0. The van der Waals surface area contributed by atoms with Gasteiger partial charge in [-0.15, -0.1) is 0 Å².